The molecule has 2 heterocycles. The summed E-state index contributed by atoms with van der Waals surface area (Å²) in [6.07, 6.45) is -0.329. The molecule has 0 bridgehead atoms. The Hall–Kier alpha value is -2.33. The lowest BCUT2D eigenvalue weighted by molar-refractivity contribution is -0.0440. The summed E-state index contributed by atoms with van der Waals surface area (Å²) in [6, 6.07) is 10.2. The number of rotatable bonds is 4. The zero-order valence-corrected chi connectivity index (χ0v) is 21.2. The van der Waals surface area contributed by atoms with Gasteiger partial charge in [-0.3, -0.25) is 4.79 Å². The maximum absolute atomic E-state index is 13.1. The van der Waals surface area contributed by atoms with Crippen molar-refractivity contribution in [1.29, 1.82) is 0 Å². The van der Waals surface area contributed by atoms with Crippen molar-refractivity contribution < 1.29 is 17.9 Å². The molecule has 1 fully saturated rings. The lowest BCUT2D eigenvalue weighted by Gasteiger charge is -2.34. The van der Waals surface area contributed by atoms with E-state index in [0.29, 0.717) is 30.0 Å². The maximum Gasteiger partial charge on any atom is 0.279 e. The largest absolute Gasteiger partial charge is 0.373 e. The summed E-state index contributed by atoms with van der Waals surface area (Å²) in [4.78, 5) is 18.1. The Morgan fingerprint density at radius 2 is 1.73 bits per heavy atom. The molecule has 2 atom stereocenters. The summed E-state index contributed by atoms with van der Waals surface area (Å²) in [6.45, 7) is 11.2. The lowest BCUT2D eigenvalue weighted by atomic mass is 10.1. The minimum Gasteiger partial charge on any atom is -0.373 e. The number of thiazole rings is 1. The molecule has 1 saturated heterocycles. The van der Waals surface area contributed by atoms with Gasteiger partial charge in [0.05, 0.1) is 27.3 Å². The van der Waals surface area contributed by atoms with Crippen LogP contribution in [0.4, 0.5) is 0 Å². The SMILES string of the molecule is CCn1c(=NC(=O)c2ccc(S(=O)(=O)N3CC(C)OC(C)C3)cc2)sc2ccc(C)c(C)c21. The third kappa shape index (κ3) is 4.55. The van der Waals surface area contributed by atoms with Crippen LogP contribution in [-0.4, -0.2) is 48.5 Å². The fraction of sp³-hybridized carbons (Fsp3) is 0.417. The fourth-order valence-corrected chi connectivity index (χ4v) is 6.96. The summed E-state index contributed by atoms with van der Waals surface area (Å²) >= 11 is 1.48. The number of amides is 1. The molecule has 0 spiro atoms. The first-order valence-electron chi connectivity index (χ1n) is 11.1. The summed E-state index contributed by atoms with van der Waals surface area (Å²) in [7, 11) is -3.66. The predicted molar refractivity (Wildman–Crippen MR) is 130 cm³/mol. The highest BCUT2D eigenvalue weighted by molar-refractivity contribution is 7.89. The Balaban J connectivity index is 1.65. The van der Waals surface area contributed by atoms with Crippen LogP contribution < -0.4 is 4.80 Å². The quantitative estimate of drug-likeness (QED) is 0.559. The van der Waals surface area contributed by atoms with Crippen molar-refractivity contribution in [2.75, 3.05) is 13.1 Å². The van der Waals surface area contributed by atoms with Gasteiger partial charge < -0.3 is 9.30 Å². The summed E-state index contributed by atoms with van der Waals surface area (Å²) < 4.78 is 36.3. The van der Waals surface area contributed by atoms with Crippen LogP contribution >= 0.6 is 11.3 Å². The standard InChI is InChI=1S/C24H29N3O4S2/c1-6-27-22-18(5)15(2)7-12-21(22)32-24(27)25-23(28)19-8-10-20(11-9-19)33(29,30)26-13-16(3)31-17(4)14-26/h7-12,16-17H,6,13-14H2,1-5H3. The number of morpholine rings is 1. The number of carbonyl (C=O) groups is 1. The van der Waals surface area contributed by atoms with E-state index >= 15 is 0 Å². The van der Waals surface area contributed by atoms with Crippen molar-refractivity contribution in [3.05, 3.63) is 57.9 Å². The first kappa shape index (κ1) is 23.8. The number of fused-ring (bicyclic) bond motifs is 1. The zero-order valence-electron chi connectivity index (χ0n) is 19.5. The molecule has 0 radical (unpaired) electrons. The fourth-order valence-electron chi connectivity index (χ4n) is 4.22. The molecule has 0 saturated carbocycles. The second-order valence-corrected chi connectivity index (χ2v) is 11.5. The number of benzene rings is 2. The molecule has 1 aliphatic heterocycles. The number of aromatic nitrogens is 1. The molecule has 0 aliphatic carbocycles. The Labute approximate surface area is 198 Å². The second kappa shape index (κ2) is 9.13. The van der Waals surface area contributed by atoms with Crippen molar-refractivity contribution in [3.8, 4) is 0 Å². The van der Waals surface area contributed by atoms with Gasteiger partial charge in [-0.05, 0) is 76.1 Å². The van der Waals surface area contributed by atoms with Gasteiger partial charge in [-0.15, -0.1) is 0 Å². The van der Waals surface area contributed by atoms with Gasteiger partial charge in [-0.2, -0.15) is 9.30 Å². The molecule has 7 nitrogen and oxygen atoms in total. The average Bonchev–Trinajstić information content (AvgIpc) is 3.13. The summed E-state index contributed by atoms with van der Waals surface area (Å²) in [5.41, 5.74) is 3.83. The van der Waals surface area contributed by atoms with Crippen LogP contribution in [0.5, 0.6) is 0 Å². The van der Waals surface area contributed by atoms with E-state index < -0.39 is 15.9 Å². The monoisotopic (exact) mass is 487 g/mol. The van der Waals surface area contributed by atoms with Crippen molar-refractivity contribution in [3.63, 3.8) is 0 Å². The van der Waals surface area contributed by atoms with E-state index in [9.17, 15) is 13.2 Å². The van der Waals surface area contributed by atoms with Crippen LogP contribution in [0.1, 0.15) is 42.3 Å². The maximum atomic E-state index is 13.1. The molecule has 2 aromatic carbocycles. The molecule has 3 aromatic rings. The van der Waals surface area contributed by atoms with Gasteiger partial charge in [0, 0.05) is 25.2 Å². The first-order chi connectivity index (χ1) is 15.6. The van der Waals surface area contributed by atoms with Crippen LogP contribution in [0.2, 0.25) is 0 Å². The van der Waals surface area contributed by atoms with E-state index in [2.05, 4.69) is 35.5 Å². The third-order valence-corrected chi connectivity index (χ3v) is 8.89. The molecule has 1 aromatic heterocycles. The highest BCUT2D eigenvalue weighted by Gasteiger charge is 2.32. The van der Waals surface area contributed by atoms with Gasteiger partial charge in [0.25, 0.3) is 5.91 Å². The third-order valence-electron chi connectivity index (χ3n) is 6.01. The van der Waals surface area contributed by atoms with Gasteiger partial charge in [-0.1, -0.05) is 17.4 Å². The van der Waals surface area contributed by atoms with E-state index in [1.54, 1.807) is 0 Å². The van der Waals surface area contributed by atoms with E-state index in [4.69, 9.17) is 4.74 Å². The van der Waals surface area contributed by atoms with Crippen molar-refractivity contribution >= 4 is 37.5 Å². The van der Waals surface area contributed by atoms with Gasteiger partial charge in [0.15, 0.2) is 4.80 Å². The van der Waals surface area contributed by atoms with Crippen LogP contribution in [0.15, 0.2) is 46.3 Å². The Morgan fingerprint density at radius 1 is 1.09 bits per heavy atom. The van der Waals surface area contributed by atoms with Crippen LogP contribution in [0, 0.1) is 13.8 Å². The van der Waals surface area contributed by atoms with Crippen molar-refractivity contribution in [2.24, 2.45) is 4.99 Å². The molecule has 0 N–H and O–H groups in total. The van der Waals surface area contributed by atoms with Crippen LogP contribution in [0.25, 0.3) is 10.2 Å². The number of hydrogen-bond acceptors (Lipinski definition) is 5. The smallest absolute Gasteiger partial charge is 0.279 e. The van der Waals surface area contributed by atoms with E-state index in [1.165, 1.54) is 51.0 Å². The molecule has 1 amide bonds. The molecule has 1 aliphatic rings. The lowest BCUT2D eigenvalue weighted by Crippen LogP contribution is -2.48. The number of aryl methyl sites for hydroxylation is 3. The van der Waals surface area contributed by atoms with Crippen LogP contribution in [0.3, 0.4) is 0 Å². The number of ether oxygens (including phenoxy) is 1. The van der Waals surface area contributed by atoms with Crippen molar-refractivity contribution in [1.82, 2.24) is 8.87 Å². The molecule has 4 rings (SSSR count). The Bertz CT molecular complexity index is 1360. The van der Waals surface area contributed by atoms with E-state index in [1.807, 2.05) is 20.8 Å². The first-order valence-corrected chi connectivity index (χ1v) is 13.3. The van der Waals surface area contributed by atoms with Gasteiger partial charge in [0.2, 0.25) is 10.0 Å². The average molecular weight is 488 g/mol. The molecule has 33 heavy (non-hydrogen) atoms. The predicted octanol–water partition coefficient (Wildman–Crippen LogP) is 3.88. The second-order valence-electron chi connectivity index (χ2n) is 8.50. The Morgan fingerprint density at radius 3 is 2.33 bits per heavy atom. The minimum absolute atomic E-state index is 0.164. The van der Waals surface area contributed by atoms with Crippen molar-refractivity contribution in [2.45, 2.75) is 58.3 Å². The highest BCUT2D eigenvalue weighted by atomic mass is 32.2. The van der Waals surface area contributed by atoms with Gasteiger partial charge in [-0.25, -0.2) is 8.42 Å². The van der Waals surface area contributed by atoms with Crippen LogP contribution in [-0.2, 0) is 21.3 Å². The van der Waals surface area contributed by atoms with E-state index in [-0.39, 0.29) is 17.1 Å². The van der Waals surface area contributed by atoms with Gasteiger partial charge >= 0.3 is 0 Å². The number of nitrogens with zero attached hydrogens (tertiary/aromatic N) is 3. The number of carbonyl (C=O) groups excluding carboxylic acids is 1. The molecule has 176 valence electrons. The normalized spacial score (nSPS) is 20.5. The number of hydrogen-bond donors (Lipinski definition) is 0. The molecule has 9 heteroatoms. The Kier molecular flexibility index (Phi) is 6.59. The van der Waals surface area contributed by atoms with E-state index in [0.717, 1.165) is 10.2 Å². The molecule has 2 unspecified atom stereocenters. The zero-order chi connectivity index (χ0) is 23.9. The topological polar surface area (TPSA) is 81.0 Å². The molecular weight excluding hydrogens is 458 g/mol. The number of sulfonamides is 1. The van der Waals surface area contributed by atoms with Gasteiger partial charge in [0.1, 0.15) is 0 Å². The minimum atomic E-state index is -3.66. The molecular formula is C24H29N3O4S2. The summed E-state index contributed by atoms with van der Waals surface area (Å²) in [5.74, 6) is -0.393. The highest BCUT2D eigenvalue weighted by Crippen LogP contribution is 2.24. The summed E-state index contributed by atoms with van der Waals surface area (Å²) in [5, 5.41) is 0.